The number of ether oxygens (including phenoxy) is 2. The third-order valence-electron chi connectivity index (χ3n) is 10.1. The van der Waals surface area contributed by atoms with Gasteiger partial charge in [-0.1, -0.05) is 103 Å². The number of hydrogen-bond donors (Lipinski definition) is 0. The number of oxime groups is 1. The Labute approximate surface area is 325 Å². The molecule has 0 aliphatic rings. The van der Waals surface area contributed by atoms with Crippen molar-refractivity contribution < 1.29 is 28.7 Å². The molecule has 0 N–H and O–H groups in total. The molecule has 290 valence electrons. The molecule has 55 heavy (non-hydrogen) atoms. The molecule has 2 unspecified atom stereocenters. The number of nitrogens with zero attached hydrogens (tertiary/aromatic N) is 2. The highest BCUT2D eigenvalue weighted by Crippen LogP contribution is 2.39. The standard InChI is InChI=1S/C47H56N2O6/c1-9-12-15-33(10-2)30-49-43-23-20-35(42(48-55-32(5)50)26-31(4)29-47(6,7)8)27-39(43)40-28-41(37-16-13-14-17-38(37)45(40)49)46(52)34-18-21-36(22-19-34)53-24-25-54-44(51)11-3/h11,13-14,16-23,27-28,31,33H,3,9-10,12,15,24-26,29-30H2,1-2,4-8H3/b48-42+. The molecule has 8 nitrogen and oxygen atoms in total. The second-order valence-electron chi connectivity index (χ2n) is 15.9. The highest BCUT2D eigenvalue weighted by Gasteiger charge is 2.24. The lowest BCUT2D eigenvalue weighted by atomic mass is 9.82. The van der Waals surface area contributed by atoms with E-state index in [0.29, 0.717) is 35.1 Å². The van der Waals surface area contributed by atoms with Crippen molar-refractivity contribution >= 4 is 56.0 Å². The van der Waals surface area contributed by atoms with E-state index in [1.165, 1.54) is 13.3 Å². The molecule has 8 heteroatoms. The number of rotatable bonds is 18. The zero-order valence-corrected chi connectivity index (χ0v) is 33.6. The van der Waals surface area contributed by atoms with Crippen molar-refractivity contribution in [3.05, 3.63) is 102 Å². The Balaban J connectivity index is 1.65. The summed E-state index contributed by atoms with van der Waals surface area (Å²) in [6.07, 6.45) is 7.28. The summed E-state index contributed by atoms with van der Waals surface area (Å²) in [5.74, 6) is 0.306. The molecule has 1 aromatic heterocycles. The maximum absolute atomic E-state index is 14.4. The minimum absolute atomic E-state index is 0.0934. The molecule has 5 rings (SSSR count). The Hall–Kier alpha value is -5.24. The number of carbonyl (C=O) groups is 3. The normalized spacial score (nSPS) is 13.2. The van der Waals surface area contributed by atoms with Crippen molar-refractivity contribution in [1.29, 1.82) is 0 Å². The Morgan fingerprint density at radius 2 is 1.60 bits per heavy atom. The predicted octanol–water partition coefficient (Wildman–Crippen LogP) is 11.2. The number of carbonyl (C=O) groups excluding carboxylic acids is 3. The highest BCUT2D eigenvalue weighted by molar-refractivity contribution is 6.26. The lowest BCUT2D eigenvalue weighted by Crippen LogP contribution is -2.15. The second-order valence-corrected chi connectivity index (χ2v) is 15.9. The summed E-state index contributed by atoms with van der Waals surface area (Å²) in [7, 11) is 0. The van der Waals surface area contributed by atoms with Crippen LogP contribution >= 0.6 is 0 Å². The molecule has 0 fully saturated rings. The van der Waals surface area contributed by atoms with Gasteiger partial charge in [0.1, 0.15) is 19.0 Å². The fourth-order valence-electron chi connectivity index (χ4n) is 7.69. The zero-order valence-electron chi connectivity index (χ0n) is 33.6. The van der Waals surface area contributed by atoms with Crippen LogP contribution in [-0.2, 0) is 25.7 Å². The summed E-state index contributed by atoms with van der Waals surface area (Å²) >= 11 is 0. The van der Waals surface area contributed by atoms with Gasteiger partial charge < -0.3 is 18.9 Å². The first-order valence-electron chi connectivity index (χ1n) is 19.6. The third-order valence-corrected chi connectivity index (χ3v) is 10.1. The molecule has 0 amide bonds. The van der Waals surface area contributed by atoms with E-state index in [-0.39, 0.29) is 24.4 Å². The van der Waals surface area contributed by atoms with E-state index in [4.69, 9.17) is 14.3 Å². The van der Waals surface area contributed by atoms with Crippen LogP contribution in [0.3, 0.4) is 0 Å². The Bertz CT molecular complexity index is 2190. The molecular formula is C47H56N2O6. The molecule has 0 aliphatic heterocycles. The number of aromatic nitrogens is 1. The van der Waals surface area contributed by atoms with E-state index in [1.54, 1.807) is 24.3 Å². The first-order valence-corrected chi connectivity index (χ1v) is 19.6. The monoisotopic (exact) mass is 744 g/mol. The van der Waals surface area contributed by atoms with Gasteiger partial charge in [-0.05, 0) is 84.4 Å². The number of benzene rings is 4. The van der Waals surface area contributed by atoms with Gasteiger partial charge in [-0.2, -0.15) is 0 Å². The van der Waals surface area contributed by atoms with Crippen LogP contribution in [0.4, 0.5) is 0 Å². The van der Waals surface area contributed by atoms with Crippen LogP contribution in [0, 0.1) is 17.3 Å². The maximum Gasteiger partial charge on any atom is 0.331 e. The smallest absolute Gasteiger partial charge is 0.331 e. The average molecular weight is 745 g/mol. The topological polar surface area (TPSA) is 96.2 Å². The summed E-state index contributed by atoms with van der Waals surface area (Å²) in [6.45, 7) is 19.3. The number of esters is 1. The molecule has 0 aliphatic carbocycles. The van der Waals surface area contributed by atoms with Crippen molar-refractivity contribution in [2.45, 2.75) is 93.5 Å². The summed E-state index contributed by atoms with van der Waals surface area (Å²) in [4.78, 5) is 43.0. The van der Waals surface area contributed by atoms with E-state index < -0.39 is 11.9 Å². The minimum atomic E-state index is -0.504. The highest BCUT2D eigenvalue weighted by atomic mass is 16.7. The number of fused-ring (bicyclic) bond motifs is 5. The van der Waals surface area contributed by atoms with E-state index in [0.717, 1.165) is 82.2 Å². The first-order chi connectivity index (χ1) is 26.3. The van der Waals surface area contributed by atoms with E-state index in [1.807, 2.05) is 18.2 Å². The second kappa shape index (κ2) is 18.4. The molecule has 2 atom stereocenters. The van der Waals surface area contributed by atoms with Gasteiger partial charge >= 0.3 is 11.9 Å². The van der Waals surface area contributed by atoms with Gasteiger partial charge in [0, 0.05) is 57.9 Å². The molecular weight excluding hydrogens is 689 g/mol. The van der Waals surface area contributed by atoms with Crippen molar-refractivity contribution in [2.24, 2.45) is 22.4 Å². The lowest BCUT2D eigenvalue weighted by Gasteiger charge is -2.23. The van der Waals surface area contributed by atoms with Crippen LogP contribution in [0.15, 0.2) is 90.6 Å². The molecule has 0 saturated carbocycles. The van der Waals surface area contributed by atoms with Gasteiger partial charge in [0.25, 0.3) is 0 Å². The Morgan fingerprint density at radius 1 is 0.891 bits per heavy atom. The van der Waals surface area contributed by atoms with E-state index >= 15 is 0 Å². The van der Waals surface area contributed by atoms with Crippen molar-refractivity contribution in [3.63, 3.8) is 0 Å². The summed E-state index contributed by atoms with van der Waals surface area (Å²) in [6, 6.07) is 23.7. The van der Waals surface area contributed by atoms with Gasteiger partial charge in [-0.3, -0.25) is 4.79 Å². The van der Waals surface area contributed by atoms with Crippen LogP contribution in [-0.4, -0.2) is 41.2 Å². The van der Waals surface area contributed by atoms with Crippen LogP contribution in [0.5, 0.6) is 5.75 Å². The summed E-state index contributed by atoms with van der Waals surface area (Å²) < 4.78 is 13.2. The largest absolute Gasteiger partial charge is 0.490 e. The Kier molecular flexibility index (Phi) is 13.7. The van der Waals surface area contributed by atoms with Crippen molar-refractivity contribution in [2.75, 3.05) is 13.2 Å². The zero-order chi connectivity index (χ0) is 39.7. The number of hydrogen-bond acceptors (Lipinski definition) is 7. The lowest BCUT2D eigenvalue weighted by molar-refractivity contribution is -0.141. The molecule has 0 radical (unpaired) electrons. The molecule has 0 spiro atoms. The van der Waals surface area contributed by atoms with E-state index in [2.05, 4.69) is 88.2 Å². The number of ketones is 1. The van der Waals surface area contributed by atoms with Crippen molar-refractivity contribution in [1.82, 2.24) is 4.57 Å². The van der Waals surface area contributed by atoms with Gasteiger partial charge in [-0.15, -0.1) is 0 Å². The third kappa shape index (κ3) is 10.3. The average Bonchev–Trinajstić information content (AvgIpc) is 3.47. The van der Waals surface area contributed by atoms with Gasteiger partial charge in [0.05, 0.1) is 11.2 Å². The number of unbranched alkanes of at least 4 members (excludes halogenated alkanes) is 1. The van der Waals surface area contributed by atoms with Crippen LogP contribution in [0.25, 0.3) is 32.6 Å². The molecule has 4 aromatic carbocycles. The Morgan fingerprint density at radius 3 is 2.25 bits per heavy atom. The minimum Gasteiger partial charge on any atom is -0.490 e. The van der Waals surface area contributed by atoms with Crippen molar-refractivity contribution in [3.8, 4) is 5.75 Å². The molecule has 5 aromatic rings. The first kappa shape index (κ1) is 40.9. The molecule has 0 saturated heterocycles. The van der Waals surface area contributed by atoms with Gasteiger partial charge in [0.2, 0.25) is 0 Å². The SMILES string of the molecule is C=CC(=O)OCCOc1ccc(C(=O)c2cc3c4cc(/C(CC(C)CC(C)(C)C)=N/OC(C)=O)ccc4n(CC(CC)CCCC)c3c3ccccc23)cc1. The summed E-state index contributed by atoms with van der Waals surface area (Å²) in [5, 5.41) is 8.33. The molecule has 1 heterocycles. The molecule has 0 bridgehead atoms. The quantitative estimate of drug-likeness (QED) is 0.0169. The van der Waals surface area contributed by atoms with Crippen LogP contribution < -0.4 is 4.74 Å². The van der Waals surface area contributed by atoms with Gasteiger partial charge in [0.15, 0.2) is 5.78 Å². The maximum atomic E-state index is 14.4. The van der Waals surface area contributed by atoms with E-state index in [9.17, 15) is 14.4 Å². The predicted molar refractivity (Wildman–Crippen MR) is 223 cm³/mol. The van der Waals surface area contributed by atoms with Crippen LogP contribution in [0.1, 0.15) is 108 Å². The fourth-order valence-corrected chi connectivity index (χ4v) is 7.69. The van der Waals surface area contributed by atoms with Gasteiger partial charge in [-0.25, -0.2) is 9.59 Å². The summed E-state index contributed by atoms with van der Waals surface area (Å²) in [5.41, 5.74) is 5.10. The fraction of sp³-hybridized carbons (Fsp3) is 0.404. The van der Waals surface area contributed by atoms with Crippen LogP contribution in [0.2, 0.25) is 0 Å².